The van der Waals surface area contributed by atoms with Crippen LogP contribution in [0.1, 0.15) is 12.8 Å². The van der Waals surface area contributed by atoms with E-state index in [2.05, 4.69) is 17.3 Å². The molecule has 0 bridgehead atoms. The average molecular weight is 253 g/mol. The minimum absolute atomic E-state index is 0. The quantitative estimate of drug-likeness (QED) is 0.642. The van der Waals surface area contributed by atoms with Gasteiger partial charge >= 0.3 is 0 Å². The third-order valence-electron chi connectivity index (χ3n) is 2.88. The van der Waals surface area contributed by atoms with Crippen molar-refractivity contribution in [2.24, 2.45) is 5.92 Å². The molecule has 0 aliphatic carbocycles. The van der Waals surface area contributed by atoms with Crippen LogP contribution in [-0.2, 0) is 4.74 Å². The summed E-state index contributed by atoms with van der Waals surface area (Å²) in [5.74, 6) is 0.842. The number of nitrogens with zero attached hydrogens (tertiary/aromatic N) is 1. The van der Waals surface area contributed by atoms with Gasteiger partial charge in [0.25, 0.3) is 0 Å². The maximum Gasteiger partial charge on any atom is 0.0698 e. The van der Waals surface area contributed by atoms with E-state index in [0.29, 0.717) is 6.61 Å². The Morgan fingerprint density at radius 3 is 2.62 bits per heavy atom. The van der Waals surface area contributed by atoms with Crippen molar-refractivity contribution in [3.05, 3.63) is 0 Å². The molecular formula is C11H25ClN2O2. The number of hydrogen-bond donors (Lipinski definition) is 2. The highest BCUT2D eigenvalue weighted by molar-refractivity contribution is 5.85. The zero-order chi connectivity index (χ0) is 10.9. The van der Waals surface area contributed by atoms with Gasteiger partial charge in [-0.15, -0.1) is 12.4 Å². The van der Waals surface area contributed by atoms with Gasteiger partial charge in [0.15, 0.2) is 0 Å². The Balaban J connectivity index is 0.00000225. The third-order valence-corrected chi connectivity index (χ3v) is 2.88. The zero-order valence-electron chi connectivity index (χ0n) is 10.2. The molecule has 5 heteroatoms. The summed E-state index contributed by atoms with van der Waals surface area (Å²) in [7, 11) is 2.14. The Hall–Kier alpha value is 0.130. The van der Waals surface area contributed by atoms with Crippen molar-refractivity contribution in [2.75, 3.05) is 53.0 Å². The molecule has 1 heterocycles. The standard InChI is InChI=1S/C11H24N2O2.ClH/c1-13(6-8-15-9-7-14)10-11-2-4-12-5-3-11;/h11-12,14H,2-10H2,1H3;1H. The number of ether oxygens (including phenoxy) is 1. The smallest absolute Gasteiger partial charge is 0.0698 e. The summed E-state index contributed by atoms with van der Waals surface area (Å²) >= 11 is 0. The minimum Gasteiger partial charge on any atom is -0.394 e. The van der Waals surface area contributed by atoms with Crippen molar-refractivity contribution < 1.29 is 9.84 Å². The van der Waals surface area contributed by atoms with Crippen LogP contribution in [0.15, 0.2) is 0 Å². The van der Waals surface area contributed by atoms with Crippen molar-refractivity contribution in [3.63, 3.8) is 0 Å². The fraction of sp³-hybridized carbons (Fsp3) is 1.00. The molecule has 1 aliphatic rings. The molecule has 0 atom stereocenters. The number of nitrogens with one attached hydrogen (secondary N) is 1. The van der Waals surface area contributed by atoms with Crippen LogP contribution in [0.5, 0.6) is 0 Å². The number of likely N-dealkylation sites (N-methyl/N-ethyl adjacent to an activating group) is 1. The van der Waals surface area contributed by atoms with E-state index in [1.54, 1.807) is 0 Å². The monoisotopic (exact) mass is 252 g/mol. The van der Waals surface area contributed by atoms with E-state index in [9.17, 15) is 0 Å². The Bertz CT molecular complexity index is 155. The maximum atomic E-state index is 8.55. The number of hydrogen-bond acceptors (Lipinski definition) is 4. The molecule has 1 saturated heterocycles. The molecule has 0 unspecified atom stereocenters. The number of halogens is 1. The first-order valence-corrected chi connectivity index (χ1v) is 5.91. The molecule has 0 aromatic heterocycles. The lowest BCUT2D eigenvalue weighted by Gasteiger charge is -2.27. The van der Waals surface area contributed by atoms with Crippen molar-refractivity contribution >= 4 is 12.4 Å². The molecular weight excluding hydrogens is 228 g/mol. The Morgan fingerprint density at radius 2 is 2.00 bits per heavy atom. The zero-order valence-corrected chi connectivity index (χ0v) is 11.0. The molecule has 0 aromatic rings. The van der Waals surface area contributed by atoms with E-state index in [1.165, 1.54) is 32.5 Å². The first-order chi connectivity index (χ1) is 7.33. The topological polar surface area (TPSA) is 44.7 Å². The summed E-state index contributed by atoms with van der Waals surface area (Å²) in [6.07, 6.45) is 2.59. The second-order valence-corrected chi connectivity index (χ2v) is 4.29. The molecule has 16 heavy (non-hydrogen) atoms. The number of piperidine rings is 1. The molecule has 2 N–H and O–H groups in total. The van der Waals surface area contributed by atoms with E-state index in [4.69, 9.17) is 9.84 Å². The molecule has 0 amide bonds. The first-order valence-electron chi connectivity index (χ1n) is 5.91. The lowest BCUT2D eigenvalue weighted by atomic mass is 9.98. The van der Waals surface area contributed by atoms with Crippen molar-refractivity contribution in [3.8, 4) is 0 Å². The predicted octanol–water partition coefficient (Wildman–Crippen LogP) is 0.348. The molecule has 0 aromatic carbocycles. The highest BCUT2D eigenvalue weighted by Gasteiger charge is 2.14. The van der Waals surface area contributed by atoms with Crippen molar-refractivity contribution in [1.82, 2.24) is 10.2 Å². The fourth-order valence-corrected chi connectivity index (χ4v) is 1.98. The molecule has 0 radical (unpaired) electrons. The van der Waals surface area contributed by atoms with Gasteiger partial charge in [0, 0.05) is 13.1 Å². The van der Waals surface area contributed by atoms with Gasteiger partial charge in [-0.3, -0.25) is 0 Å². The van der Waals surface area contributed by atoms with Gasteiger partial charge in [-0.05, 0) is 38.9 Å². The summed E-state index contributed by atoms with van der Waals surface area (Å²) in [5.41, 5.74) is 0. The Kier molecular flexibility index (Phi) is 10.4. The van der Waals surface area contributed by atoms with E-state index in [0.717, 1.165) is 19.1 Å². The second kappa shape index (κ2) is 10.3. The number of aliphatic hydroxyl groups excluding tert-OH is 1. The lowest BCUT2D eigenvalue weighted by molar-refractivity contribution is 0.0746. The van der Waals surface area contributed by atoms with Gasteiger partial charge in [-0.2, -0.15) is 0 Å². The van der Waals surface area contributed by atoms with Gasteiger partial charge < -0.3 is 20.1 Å². The lowest BCUT2D eigenvalue weighted by Crippen LogP contribution is -2.35. The molecule has 1 aliphatic heterocycles. The maximum absolute atomic E-state index is 8.55. The van der Waals surface area contributed by atoms with Crippen LogP contribution in [0.4, 0.5) is 0 Å². The minimum atomic E-state index is 0. The van der Waals surface area contributed by atoms with Crippen LogP contribution in [-0.4, -0.2) is 63.1 Å². The van der Waals surface area contributed by atoms with Crippen LogP contribution >= 0.6 is 12.4 Å². The molecule has 1 fully saturated rings. The summed E-state index contributed by atoms with van der Waals surface area (Å²) in [6, 6.07) is 0. The van der Waals surface area contributed by atoms with Crippen LogP contribution in [0.2, 0.25) is 0 Å². The van der Waals surface area contributed by atoms with Crippen LogP contribution in [0.3, 0.4) is 0 Å². The molecule has 98 valence electrons. The van der Waals surface area contributed by atoms with Gasteiger partial charge in [-0.25, -0.2) is 0 Å². The van der Waals surface area contributed by atoms with E-state index in [-0.39, 0.29) is 19.0 Å². The van der Waals surface area contributed by atoms with E-state index in [1.807, 2.05) is 0 Å². The van der Waals surface area contributed by atoms with Gasteiger partial charge in [0.2, 0.25) is 0 Å². The van der Waals surface area contributed by atoms with E-state index < -0.39 is 0 Å². The second-order valence-electron chi connectivity index (χ2n) is 4.29. The van der Waals surface area contributed by atoms with Crippen LogP contribution in [0, 0.1) is 5.92 Å². The average Bonchev–Trinajstić information content (AvgIpc) is 2.26. The highest BCUT2D eigenvalue weighted by atomic mass is 35.5. The fourth-order valence-electron chi connectivity index (χ4n) is 1.98. The Morgan fingerprint density at radius 1 is 1.31 bits per heavy atom. The van der Waals surface area contributed by atoms with Crippen molar-refractivity contribution in [1.29, 1.82) is 0 Å². The van der Waals surface area contributed by atoms with Gasteiger partial charge in [-0.1, -0.05) is 0 Å². The predicted molar refractivity (Wildman–Crippen MR) is 68.2 cm³/mol. The van der Waals surface area contributed by atoms with Crippen LogP contribution in [0.25, 0.3) is 0 Å². The van der Waals surface area contributed by atoms with Gasteiger partial charge in [0.05, 0.1) is 19.8 Å². The summed E-state index contributed by atoms with van der Waals surface area (Å²) < 4.78 is 5.24. The largest absolute Gasteiger partial charge is 0.394 e. The van der Waals surface area contributed by atoms with Crippen LogP contribution < -0.4 is 5.32 Å². The van der Waals surface area contributed by atoms with Crippen molar-refractivity contribution in [2.45, 2.75) is 12.8 Å². The SMILES string of the molecule is CN(CCOCCO)CC1CCNCC1.Cl. The number of rotatable bonds is 7. The number of aliphatic hydroxyl groups is 1. The first kappa shape index (κ1) is 16.1. The normalized spacial score (nSPS) is 17.4. The molecule has 4 nitrogen and oxygen atoms in total. The van der Waals surface area contributed by atoms with Gasteiger partial charge in [0.1, 0.15) is 0 Å². The summed E-state index contributed by atoms with van der Waals surface area (Å²) in [6.45, 7) is 5.77. The summed E-state index contributed by atoms with van der Waals surface area (Å²) in [5, 5.41) is 11.9. The molecule has 0 saturated carbocycles. The third kappa shape index (κ3) is 7.41. The Labute approximate surface area is 105 Å². The molecule has 1 rings (SSSR count). The highest BCUT2D eigenvalue weighted by Crippen LogP contribution is 2.12. The molecule has 0 spiro atoms. The van der Waals surface area contributed by atoms with E-state index >= 15 is 0 Å². The summed E-state index contributed by atoms with van der Waals surface area (Å²) in [4.78, 5) is 2.33.